The summed E-state index contributed by atoms with van der Waals surface area (Å²) in [5, 5.41) is 0. The Hall–Kier alpha value is -1.62. The first-order valence-electron chi connectivity index (χ1n) is 5.84. The van der Waals surface area contributed by atoms with Crippen molar-refractivity contribution in [3.63, 3.8) is 0 Å². The molecule has 3 rings (SSSR count). The Morgan fingerprint density at radius 1 is 1.56 bits per heavy atom. The van der Waals surface area contributed by atoms with Crippen molar-refractivity contribution in [3.8, 4) is 0 Å². The number of hydrogen-bond acceptors (Lipinski definition) is 3. The molecule has 2 aromatic heterocycles. The third-order valence-corrected chi connectivity index (χ3v) is 3.63. The van der Waals surface area contributed by atoms with Crippen molar-refractivity contribution in [1.29, 1.82) is 0 Å². The molecule has 1 fully saturated rings. The van der Waals surface area contributed by atoms with E-state index in [0.717, 1.165) is 29.8 Å². The van der Waals surface area contributed by atoms with Gasteiger partial charge in [0.1, 0.15) is 17.4 Å². The molecule has 0 N–H and O–H groups in total. The van der Waals surface area contributed by atoms with Gasteiger partial charge in [0.05, 0.1) is 17.6 Å². The van der Waals surface area contributed by atoms with E-state index in [1.54, 1.807) is 17.3 Å². The first kappa shape index (κ1) is 11.5. The van der Waals surface area contributed by atoms with Crippen LogP contribution in [0.1, 0.15) is 18.3 Å². The van der Waals surface area contributed by atoms with E-state index in [1.165, 1.54) is 0 Å². The maximum Gasteiger partial charge on any atom is 0.245 e. The molecule has 0 spiro atoms. The van der Waals surface area contributed by atoms with Crippen LogP contribution in [0.25, 0.3) is 11.0 Å². The molecule has 0 saturated carbocycles. The highest BCUT2D eigenvalue weighted by molar-refractivity contribution is 6.17. The Morgan fingerprint density at radius 3 is 3.06 bits per heavy atom. The molecule has 1 amide bonds. The zero-order valence-corrected chi connectivity index (χ0v) is 10.8. The molecule has 0 bridgehead atoms. The Balaban J connectivity index is 2.18. The van der Waals surface area contributed by atoms with Crippen molar-refractivity contribution >= 4 is 28.5 Å². The Bertz CT molecular complexity index is 609. The normalized spacial score (nSPS) is 20.0. The number of pyridine rings is 1. The molecule has 1 aliphatic heterocycles. The molecule has 1 atom stereocenters. The van der Waals surface area contributed by atoms with Crippen LogP contribution in [-0.4, -0.2) is 38.9 Å². The second-order valence-electron chi connectivity index (χ2n) is 4.46. The molecule has 94 valence electrons. The van der Waals surface area contributed by atoms with Gasteiger partial charge in [-0.1, -0.05) is 0 Å². The van der Waals surface area contributed by atoms with Gasteiger partial charge in [-0.3, -0.25) is 9.78 Å². The van der Waals surface area contributed by atoms with Crippen LogP contribution in [0.3, 0.4) is 0 Å². The maximum atomic E-state index is 12.1. The van der Waals surface area contributed by atoms with Gasteiger partial charge < -0.3 is 9.47 Å². The summed E-state index contributed by atoms with van der Waals surface area (Å²) in [6.07, 6.45) is 4.21. The van der Waals surface area contributed by atoms with Crippen LogP contribution in [0.2, 0.25) is 0 Å². The van der Waals surface area contributed by atoms with Gasteiger partial charge in [0.15, 0.2) is 0 Å². The molecule has 6 heteroatoms. The maximum absolute atomic E-state index is 12.1. The Morgan fingerprint density at radius 2 is 2.39 bits per heavy atom. The summed E-state index contributed by atoms with van der Waals surface area (Å²) < 4.78 is 1.95. The van der Waals surface area contributed by atoms with Gasteiger partial charge in [-0.05, 0) is 12.5 Å². The molecule has 3 heterocycles. The van der Waals surface area contributed by atoms with E-state index in [1.807, 2.05) is 17.7 Å². The van der Waals surface area contributed by atoms with Gasteiger partial charge in [0.2, 0.25) is 5.91 Å². The van der Waals surface area contributed by atoms with Crippen molar-refractivity contribution in [1.82, 2.24) is 19.4 Å². The number of fused-ring (bicyclic) bond motifs is 1. The predicted octanol–water partition coefficient (Wildman–Crippen LogP) is 1.57. The highest BCUT2D eigenvalue weighted by Crippen LogP contribution is 2.28. The zero-order chi connectivity index (χ0) is 12.7. The Labute approximate surface area is 109 Å². The zero-order valence-electron chi connectivity index (χ0n) is 10.0. The van der Waals surface area contributed by atoms with Crippen LogP contribution >= 0.6 is 11.6 Å². The molecule has 2 aromatic rings. The number of nitrogens with zero attached hydrogens (tertiary/aromatic N) is 4. The highest BCUT2D eigenvalue weighted by Gasteiger charge is 2.32. The average Bonchev–Trinajstić information content (AvgIpc) is 2.91. The van der Waals surface area contributed by atoms with Crippen LogP contribution in [0.5, 0.6) is 0 Å². The lowest BCUT2D eigenvalue weighted by Gasteiger charge is -2.14. The number of aromatic nitrogens is 3. The minimum absolute atomic E-state index is 0.123. The summed E-state index contributed by atoms with van der Waals surface area (Å²) in [5.41, 5.74) is 1.71. The molecule has 0 aliphatic carbocycles. The van der Waals surface area contributed by atoms with Crippen LogP contribution in [-0.2, 0) is 10.7 Å². The molecule has 0 aromatic carbocycles. The highest BCUT2D eigenvalue weighted by atomic mass is 35.5. The van der Waals surface area contributed by atoms with Crippen LogP contribution in [0, 0.1) is 0 Å². The topological polar surface area (TPSA) is 51.0 Å². The second kappa shape index (κ2) is 4.24. The SMILES string of the molecule is CN1CCC(n2c(CCl)nc3cnccc32)C1=O. The lowest BCUT2D eigenvalue weighted by molar-refractivity contribution is -0.129. The molecule has 18 heavy (non-hydrogen) atoms. The minimum Gasteiger partial charge on any atom is -0.344 e. The van der Waals surface area contributed by atoms with Crippen molar-refractivity contribution < 1.29 is 4.79 Å². The fourth-order valence-electron chi connectivity index (χ4n) is 2.49. The molecular weight excluding hydrogens is 252 g/mol. The number of hydrogen-bond donors (Lipinski definition) is 0. The van der Waals surface area contributed by atoms with E-state index >= 15 is 0 Å². The van der Waals surface area contributed by atoms with Gasteiger partial charge in [0, 0.05) is 19.8 Å². The number of amides is 1. The van der Waals surface area contributed by atoms with E-state index in [2.05, 4.69) is 9.97 Å². The quantitative estimate of drug-likeness (QED) is 0.774. The van der Waals surface area contributed by atoms with E-state index in [4.69, 9.17) is 11.6 Å². The number of likely N-dealkylation sites (tertiary alicyclic amines) is 1. The van der Waals surface area contributed by atoms with E-state index in [9.17, 15) is 4.79 Å². The fourth-order valence-corrected chi connectivity index (χ4v) is 2.67. The van der Waals surface area contributed by atoms with Gasteiger partial charge in [-0.15, -0.1) is 11.6 Å². The third-order valence-electron chi connectivity index (χ3n) is 3.40. The number of carbonyl (C=O) groups is 1. The standard InChI is InChI=1S/C12H13ClN4O/c1-16-5-3-10(12(16)18)17-9-2-4-14-7-8(9)15-11(17)6-13/h2,4,7,10H,3,5-6H2,1H3. The van der Waals surface area contributed by atoms with Crippen LogP contribution in [0.15, 0.2) is 18.5 Å². The van der Waals surface area contributed by atoms with E-state index in [0.29, 0.717) is 5.88 Å². The molecule has 1 aliphatic rings. The van der Waals surface area contributed by atoms with Gasteiger partial charge >= 0.3 is 0 Å². The predicted molar refractivity (Wildman–Crippen MR) is 68.4 cm³/mol. The number of alkyl halides is 1. The molecular formula is C12H13ClN4O. The molecule has 5 nitrogen and oxygen atoms in total. The summed E-state index contributed by atoms with van der Waals surface area (Å²) >= 11 is 5.94. The van der Waals surface area contributed by atoms with Crippen molar-refractivity contribution in [2.45, 2.75) is 18.3 Å². The van der Waals surface area contributed by atoms with Crippen molar-refractivity contribution in [2.75, 3.05) is 13.6 Å². The molecule has 1 unspecified atom stereocenters. The van der Waals surface area contributed by atoms with Crippen LogP contribution in [0.4, 0.5) is 0 Å². The molecule has 1 saturated heterocycles. The summed E-state index contributed by atoms with van der Waals surface area (Å²) in [6.45, 7) is 0.774. The third kappa shape index (κ3) is 1.58. The number of rotatable bonds is 2. The summed E-state index contributed by atoms with van der Waals surface area (Å²) in [7, 11) is 1.82. The van der Waals surface area contributed by atoms with Gasteiger partial charge in [-0.25, -0.2) is 4.98 Å². The number of carbonyl (C=O) groups excluding carboxylic acids is 1. The van der Waals surface area contributed by atoms with E-state index in [-0.39, 0.29) is 11.9 Å². The number of imidazole rings is 1. The lowest BCUT2D eigenvalue weighted by Crippen LogP contribution is -2.25. The monoisotopic (exact) mass is 264 g/mol. The largest absolute Gasteiger partial charge is 0.344 e. The molecule has 0 radical (unpaired) electrons. The summed E-state index contributed by atoms with van der Waals surface area (Å²) in [4.78, 5) is 22.4. The number of likely N-dealkylation sites (N-methyl/N-ethyl adjacent to an activating group) is 1. The minimum atomic E-state index is -0.184. The van der Waals surface area contributed by atoms with Gasteiger partial charge in [0.25, 0.3) is 0 Å². The lowest BCUT2D eigenvalue weighted by atomic mass is 10.2. The average molecular weight is 265 g/mol. The smallest absolute Gasteiger partial charge is 0.245 e. The van der Waals surface area contributed by atoms with E-state index < -0.39 is 0 Å². The first-order chi connectivity index (χ1) is 8.72. The van der Waals surface area contributed by atoms with Crippen molar-refractivity contribution in [3.05, 3.63) is 24.3 Å². The fraction of sp³-hybridized carbons (Fsp3) is 0.417. The van der Waals surface area contributed by atoms with Crippen LogP contribution < -0.4 is 0 Å². The summed E-state index contributed by atoms with van der Waals surface area (Å²) in [5.74, 6) is 1.15. The first-order valence-corrected chi connectivity index (χ1v) is 6.37. The number of halogens is 1. The van der Waals surface area contributed by atoms with Gasteiger partial charge in [-0.2, -0.15) is 0 Å². The second-order valence-corrected chi connectivity index (χ2v) is 4.73. The van der Waals surface area contributed by atoms with Crippen molar-refractivity contribution in [2.24, 2.45) is 0 Å². The Kier molecular flexibility index (Phi) is 2.70. The summed E-state index contributed by atoms with van der Waals surface area (Å²) in [6, 6.07) is 1.69.